The Morgan fingerprint density at radius 3 is 2.67 bits per heavy atom. The van der Waals surface area contributed by atoms with Gasteiger partial charge in [-0.1, -0.05) is 11.6 Å². The first kappa shape index (κ1) is 18.9. The summed E-state index contributed by atoms with van der Waals surface area (Å²) in [5, 5.41) is 13.7. The van der Waals surface area contributed by atoms with E-state index >= 15 is 0 Å². The van der Waals surface area contributed by atoms with Crippen molar-refractivity contribution in [1.29, 1.82) is 0 Å². The third-order valence-corrected chi connectivity index (χ3v) is 7.91. The van der Waals surface area contributed by atoms with E-state index in [1.54, 1.807) is 0 Å². The predicted molar refractivity (Wildman–Crippen MR) is 116 cm³/mol. The Hall–Kier alpha value is -1.84. The van der Waals surface area contributed by atoms with Gasteiger partial charge < -0.3 is 15.3 Å². The lowest BCUT2D eigenvalue weighted by molar-refractivity contribution is 0.143. The Labute approximate surface area is 184 Å². The third-order valence-electron chi connectivity index (χ3n) is 6.26. The van der Waals surface area contributed by atoms with Gasteiger partial charge >= 0.3 is 0 Å². The van der Waals surface area contributed by atoms with Crippen LogP contribution in [0.2, 0.25) is 5.02 Å². The fraction of sp³-hybridized carbons (Fsp3) is 0.600. The fourth-order valence-electron chi connectivity index (χ4n) is 4.28. The van der Waals surface area contributed by atoms with E-state index in [0.717, 1.165) is 25.0 Å². The maximum atomic E-state index is 12.6. The molecule has 2 aromatic rings. The summed E-state index contributed by atoms with van der Waals surface area (Å²) in [6.45, 7) is 1.23. The van der Waals surface area contributed by atoms with Crippen molar-refractivity contribution in [3.8, 4) is 0 Å². The number of aryl methyl sites for hydroxylation is 1. The van der Waals surface area contributed by atoms with Gasteiger partial charge in [-0.05, 0) is 32.1 Å². The normalized spacial score (nSPS) is 24.7. The SMILES string of the molecule is [2H]C1(c2ncc(Cl)cn2)CCN(c2nc3c(c(NC4(CO)CCC4)n2)S(=O)CC3)CC1. The van der Waals surface area contributed by atoms with Crippen LogP contribution < -0.4 is 10.2 Å². The van der Waals surface area contributed by atoms with Gasteiger partial charge in [-0.2, -0.15) is 4.98 Å². The molecule has 4 heterocycles. The largest absolute Gasteiger partial charge is 0.394 e. The minimum absolute atomic E-state index is 0.0277. The molecule has 0 radical (unpaired) electrons. The number of fused-ring (bicyclic) bond motifs is 1. The number of hydrogen-bond acceptors (Lipinski definition) is 8. The number of nitrogens with one attached hydrogen (secondary N) is 1. The molecule has 0 bridgehead atoms. The molecule has 0 spiro atoms. The van der Waals surface area contributed by atoms with Gasteiger partial charge in [0.1, 0.15) is 16.5 Å². The molecule has 160 valence electrons. The molecule has 3 aliphatic rings. The minimum Gasteiger partial charge on any atom is -0.394 e. The number of anilines is 2. The van der Waals surface area contributed by atoms with Gasteiger partial charge in [-0.15, -0.1) is 0 Å². The van der Waals surface area contributed by atoms with Crippen molar-refractivity contribution in [3.05, 3.63) is 28.9 Å². The molecule has 0 amide bonds. The summed E-state index contributed by atoms with van der Waals surface area (Å²) in [5.74, 6) is 1.35. The Bertz CT molecular complexity index is 1010. The third kappa shape index (κ3) is 3.67. The monoisotopic (exact) mass is 449 g/mol. The molecule has 1 atom stereocenters. The summed E-state index contributed by atoms with van der Waals surface area (Å²) in [7, 11) is -1.12. The van der Waals surface area contributed by atoms with Crippen LogP contribution in [0.4, 0.5) is 11.8 Å². The van der Waals surface area contributed by atoms with Crippen LogP contribution in [0.5, 0.6) is 0 Å². The topological polar surface area (TPSA) is 104 Å². The zero-order chi connectivity index (χ0) is 21.6. The predicted octanol–water partition coefficient (Wildman–Crippen LogP) is 2.29. The Morgan fingerprint density at radius 2 is 2.03 bits per heavy atom. The summed E-state index contributed by atoms with van der Waals surface area (Å²) in [6.07, 6.45) is 7.62. The minimum atomic E-state index is -1.12. The average Bonchev–Trinajstić information content (AvgIpc) is 3.12. The van der Waals surface area contributed by atoms with E-state index in [2.05, 4.69) is 20.2 Å². The highest BCUT2D eigenvalue weighted by Crippen LogP contribution is 2.38. The number of aliphatic hydroxyl groups is 1. The van der Waals surface area contributed by atoms with Gasteiger partial charge in [0.05, 0.1) is 33.7 Å². The van der Waals surface area contributed by atoms with E-state index in [4.69, 9.17) is 22.9 Å². The Balaban J connectivity index is 1.39. The molecule has 1 unspecified atom stereocenters. The molecule has 8 nitrogen and oxygen atoms in total. The molecule has 2 fully saturated rings. The highest BCUT2D eigenvalue weighted by atomic mass is 35.5. The molecule has 10 heteroatoms. The molecule has 30 heavy (non-hydrogen) atoms. The van der Waals surface area contributed by atoms with Gasteiger partial charge in [0.2, 0.25) is 5.95 Å². The Kier molecular flexibility index (Phi) is 5.05. The first-order valence-electron chi connectivity index (χ1n) is 10.8. The molecule has 0 aromatic carbocycles. The smallest absolute Gasteiger partial charge is 0.227 e. The molecular weight excluding hydrogens is 424 g/mol. The van der Waals surface area contributed by atoms with Crippen LogP contribution in [0.15, 0.2) is 17.3 Å². The van der Waals surface area contributed by atoms with Gasteiger partial charge in [0.25, 0.3) is 0 Å². The van der Waals surface area contributed by atoms with Crippen molar-refractivity contribution in [3.63, 3.8) is 0 Å². The van der Waals surface area contributed by atoms with Gasteiger partial charge in [0.15, 0.2) is 0 Å². The van der Waals surface area contributed by atoms with E-state index in [1.807, 2.05) is 0 Å². The van der Waals surface area contributed by atoms with Crippen LogP contribution in [0, 0.1) is 0 Å². The van der Waals surface area contributed by atoms with Crippen LogP contribution in [0.1, 0.15) is 50.9 Å². The number of halogens is 1. The van der Waals surface area contributed by atoms with Crippen molar-refractivity contribution >= 4 is 34.2 Å². The van der Waals surface area contributed by atoms with Gasteiger partial charge in [-0.25, -0.2) is 15.0 Å². The second-order valence-corrected chi connectivity index (χ2v) is 10.1. The first-order chi connectivity index (χ1) is 14.9. The van der Waals surface area contributed by atoms with Crippen molar-refractivity contribution < 1.29 is 10.7 Å². The number of hydrogen-bond donors (Lipinski definition) is 2. The number of nitrogens with zero attached hydrogens (tertiary/aromatic N) is 5. The Morgan fingerprint density at radius 1 is 1.30 bits per heavy atom. The zero-order valence-electron chi connectivity index (χ0n) is 17.6. The standard InChI is InChI=1S/C20H25ClN6O2S/c21-14-10-22-17(23-11-14)13-2-7-27(8-3-13)19-24-15-4-9-30(29)16(15)18(25-19)26-20(12-28)5-1-6-20/h10-11,13,28H,1-9,12H2,(H,24,25,26)/i13D. The highest BCUT2D eigenvalue weighted by Gasteiger charge is 2.39. The van der Waals surface area contributed by atoms with Crippen LogP contribution in [-0.4, -0.2) is 60.2 Å². The van der Waals surface area contributed by atoms with E-state index in [1.165, 1.54) is 12.4 Å². The van der Waals surface area contributed by atoms with Crippen LogP contribution >= 0.6 is 11.6 Å². The lowest BCUT2D eigenvalue weighted by Gasteiger charge is -2.42. The number of aromatic nitrogens is 4. The van der Waals surface area contributed by atoms with Crippen LogP contribution in [0.3, 0.4) is 0 Å². The molecule has 1 saturated heterocycles. The van der Waals surface area contributed by atoms with Gasteiger partial charge in [0, 0.05) is 44.9 Å². The first-order valence-corrected chi connectivity index (χ1v) is 12.0. The quantitative estimate of drug-likeness (QED) is 0.716. The van der Waals surface area contributed by atoms with Crippen molar-refractivity contribution in [2.75, 3.05) is 35.7 Å². The second-order valence-electron chi connectivity index (χ2n) is 8.18. The summed E-state index contributed by atoms with van der Waals surface area (Å²) in [6, 6.07) is 0. The van der Waals surface area contributed by atoms with E-state index < -0.39 is 16.7 Å². The van der Waals surface area contributed by atoms with E-state index in [-0.39, 0.29) is 12.1 Å². The molecule has 2 aliphatic heterocycles. The second kappa shape index (κ2) is 8.01. The van der Waals surface area contributed by atoms with Crippen molar-refractivity contribution in [2.45, 2.75) is 54.9 Å². The zero-order valence-corrected chi connectivity index (χ0v) is 18.2. The molecule has 1 aliphatic carbocycles. The average molecular weight is 450 g/mol. The maximum absolute atomic E-state index is 12.6. The van der Waals surface area contributed by atoms with Crippen LogP contribution in [-0.2, 0) is 17.2 Å². The molecule has 1 saturated carbocycles. The summed E-state index contributed by atoms with van der Waals surface area (Å²) >= 11 is 5.89. The summed E-state index contributed by atoms with van der Waals surface area (Å²) in [4.78, 5) is 20.8. The lowest BCUT2D eigenvalue weighted by atomic mass is 9.77. The molecular formula is C20H25ClN6O2S. The van der Waals surface area contributed by atoms with E-state index in [9.17, 15) is 9.32 Å². The lowest BCUT2D eigenvalue weighted by Crippen LogP contribution is -2.48. The molecule has 5 rings (SSSR count). The van der Waals surface area contributed by atoms with E-state index in [0.29, 0.717) is 65.6 Å². The number of rotatable bonds is 5. The summed E-state index contributed by atoms with van der Waals surface area (Å²) in [5.41, 5.74) is 0.443. The molecule has 2 N–H and O–H groups in total. The summed E-state index contributed by atoms with van der Waals surface area (Å²) < 4.78 is 21.4. The highest BCUT2D eigenvalue weighted by molar-refractivity contribution is 7.85. The number of aliphatic hydroxyl groups excluding tert-OH is 1. The van der Waals surface area contributed by atoms with Crippen molar-refractivity contribution in [2.24, 2.45) is 0 Å². The van der Waals surface area contributed by atoms with Gasteiger partial charge in [-0.3, -0.25) is 4.21 Å². The van der Waals surface area contributed by atoms with Crippen LogP contribution in [0.25, 0.3) is 0 Å². The fourth-order valence-corrected chi connectivity index (χ4v) is 5.69. The maximum Gasteiger partial charge on any atom is 0.227 e. The molecule has 2 aromatic heterocycles. The van der Waals surface area contributed by atoms with Crippen molar-refractivity contribution in [1.82, 2.24) is 19.9 Å². The number of piperidine rings is 1.